The summed E-state index contributed by atoms with van der Waals surface area (Å²) in [6, 6.07) is 1.87. The van der Waals surface area contributed by atoms with E-state index in [9.17, 15) is 32.0 Å². The first-order valence-electron chi connectivity index (χ1n) is 6.82. The zero-order valence-electron chi connectivity index (χ0n) is 12.2. The standard InChI is InChI=1S/C15H7F5N2O2S/c16-9-8(10(17)12(19)13(20)11(9)18)14(23)22-15-6(3-21)5-1-2-24-4-7(5)25-15/h1-2,4H2,(H,22,23). The summed E-state index contributed by atoms with van der Waals surface area (Å²) in [4.78, 5) is 12.7. The summed E-state index contributed by atoms with van der Waals surface area (Å²) < 4.78 is 72.1. The second-order valence-electron chi connectivity index (χ2n) is 5.02. The molecule has 0 bridgehead atoms. The Hall–Kier alpha value is -2.51. The van der Waals surface area contributed by atoms with Gasteiger partial charge in [0, 0.05) is 4.88 Å². The number of carbonyl (C=O) groups is 1. The highest BCUT2D eigenvalue weighted by atomic mass is 32.1. The summed E-state index contributed by atoms with van der Waals surface area (Å²) in [7, 11) is 0. The fourth-order valence-electron chi connectivity index (χ4n) is 2.41. The lowest BCUT2D eigenvalue weighted by Crippen LogP contribution is -2.19. The van der Waals surface area contributed by atoms with E-state index in [4.69, 9.17) is 4.74 Å². The summed E-state index contributed by atoms with van der Waals surface area (Å²) in [5.41, 5.74) is -0.894. The van der Waals surface area contributed by atoms with Crippen LogP contribution in [0.1, 0.15) is 26.4 Å². The molecule has 0 aliphatic carbocycles. The van der Waals surface area contributed by atoms with E-state index in [2.05, 4.69) is 5.32 Å². The Labute approximate surface area is 141 Å². The average Bonchev–Trinajstić information content (AvgIpc) is 2.95. The van der Waals surface area contributed by atoms with Gasteiger partial charge in [-0.25, -0.2) is 22.0 Å². The fourth-order valence-corrected chi connectivity index (χ4v) is 3.54. The zero-order chi connectivity index (χ0) is 18.3. The average molecular weight is 374 g/mol. The summed E-state index contributed by atoms with van der Waals surface area (Å²) in [5, 5.41) is 11.2. The third-order valence-corrected chi connectivity index (χ3v) is 4.72. The van der Waals surface area contributed by atoms with Crippen LogP contribution in [0.2, 0.25) is 0 Å². The Morgan fingerprint density at radius 2 is 1.68 bits per heavy atom. The van der Waals surface area contributed by atoms with Gasteiger partial charge in [-0.3, -0.25) is 4.79 Å². The van der Waals surface area contributed by atoms with Gasteiger partial charge in [-0.15, -0.1) is 11.3 Å². The molecule has 2 aromatic rings. The van der Waals surface area contributed by atoms with Crippen molar-refractivity contribution in [3.63, 3.8) is 0 Å². The Bertz CT molecular complexity index is 906. The van der Waals surface area contributed by atoms with E-state index in [1.807, 2.05) is 6.07 Å². The van der Waals surface area contributed by atoms with Crippen LogP contribution >= 0.6 is 11.3 Å². The van der Waals surface area contributed by atoms with E-state index in [0.717, 1.165) is 11.3 Å². The van der Waals surface area contributed by atoms with Crippen LogP contribution in [0.3, 0.4) is 0 Å². The van der Waals surface area contributed by atoms with E-state index in [-0.39, 0.29) is 17.2 Å². The lowest BCUT2D eigenvalue weighted by Gasteiger charge is -2.11. The SMILES string of the molecule is N#Cc1c(NC(=O)c2c(F)c(F)c(F)c(F)c2F)sc2c1CCOC2. The van der Waals surface area contributed by atoms with Crippen molar-refractivity contribution in [2.45, 2.75) is 13.0 Å². The van der Waals surface area contributed by atoms with Crippen molar-refractivity contribution in [2.24, 2.45) is 0 Å². The second kappa shape index (κ2) is 6.42. The van der Waals surface area contributed by atoms with Gasteiger partial charge in [-0.05, 0) is 12.0 Å². The molecule has 4 nitrogen and oxygen atoms in total. The number of ether oxygens (including phenoxy) is 1. The monoisotopic (exact) mass is 374 g/mol. The molecule has 0 saturated carbocycles. The number of hydrogen-bond acceptors (Lipinski definition) is 4. The maximum Gasteiger partial charge on any atom is 0.262 e. The van der Waals surface area contributed by atoms with Crippen LogP contribution in [0.5, 0.6) is 0 Å². The Kier molecular flexibility index (Phi) is 4.45. The van der Waals surface area contributed by atoms with Crippen molar-refractivity contribution in [3.8, 4) is 6.07 Å². The number of nitrogens with one attached hydrogen (secondary N) is 1. The molecule has 3 rings (SSSR count). The van der Waals surface area contributed by atoms with Gasteiger partial charge >= 0.3 is 0 Å². The van der Waals surface area contributed by atoms with Crippen molar-refractivity contribution < 1.29 is 31.5 Å². The summed E-state index contributed by atoms with van der Waals surface area (Å²) >= 11 is 0.947. The van der Waals surface area contributed by atoms with Gasteiger partial charge in [0.2, 0.25) is 5.82 Å². The van der Waals surface area contributed by atoms with Gasteiger partial charge in [0.05, 0.1) is 18.8 Å². The Morgan fingerprint density at radius 1 is 1.08 bits per heavy atom. The quantitative estimate of drug-likeness (QED) is 0.496. The molecular weight excluding hydrogens is 367 g/mol. The van der Waals surface area contributed by atoms with E-state index in [1.54, 1.807) is 0 Å². The molecule has 0 unspecified atom stereocenters. The highest BCUT2D eigenvalue weighted by Gasteiger charge is 2.31. The van der Waals surface area contributed by atoms with Gasteiger partial charge in [0.1, 0.15) is 16.6 Å². The van der Waals surface area contributed by atoms with Crippen LogP contribution in [-0.2, 0) is 17.8 Å². The molecule has 0 fully saturated rings. The molecule has 0 atom stereocenters. The van der Waals surface area contributed by atoms with Gasteiger partial charge in [-0.1, -0.05) is 0 Å². The smallest absolute Gasteiger partial charge is 0.262 e. The first-order valence-corrected chi connectivity index (χ1v) is 7.63. The topological polar surface area (TPSA) is 62.1 Å². The molecule has 2 heterocycles. The maximum absolute atomic E-state index is 13.7. The zero-order valence-corrected chi connectivity index (χ0v) is 13.0. The summed E-state index contributed by atoms with van der Waals surface area (Å²) in [6.45, 7) is 0.566. The molecule has 1 aromatic carbocycles. The van der Waals surface area contributed by atoms with Crippen molar-refractivity contribution in [1.82, 2.24) is 0 Å². The molecule has 1 aliphatic rings. The number of rotatable bonds is 2. The van der Waals surface area contributed by atoms with Gasteiger partial charge in [0.15, 0.2) is 23.3 Å². The van der Waals surface area contributed by atoms with Gasteiger partial charge in [-0.2, -0.15) is 5.26 Å². The number of nitriles is 1. The van der Waals surface area contributed by atoms with E-state index in [0.29, 0.717) is 23.5 Å². The highest BCUT2D eigenvalue weighted by Crippen LogP contribution is 2.36. The molecule has 25 heavy (non-hydrogen) atoms. The van der Waals surface area contributed by atoms with E-state index in [1.165, 1.54) is 0 Å². The number of anilines is 1. The normalized spacial score (nSPS) is 13.3. The molecule has 1 aromatic heterocycles. The van der Waals surface area contributed by atoms with Crippen LogP contribution in [0.4, 0.5) is 27.0 Å². The third kappa shape index (κ3) is 2.75. The second-order valence-corrected chi connectivity index (χ2v) is 6.13. The van der Waals surface area contributed by atoms with Crippen LogP contribution in [0.25, 0.3) is 0 Å². The lowest BCUT2D eigenvalue weighted by molar-refractivity contribution is 0.101. The minimum absolute atomic E-state index is 0.0352. The van der Waals surface area contributed by atoms with Crippen molar-refractivity contribution in [3.05, 3.63) is 50.7 Å². The molecule has 1 amide bonds. The van der Waals surface area contributed by atoms with Crippen molar-refractivity contribution in [2.75, 3.05) is 11.9 Å². The van der Waals surface area contributed by atoms with Crippen molar-refractivity contribution in [1.29, 1.82) is 5.26 Å². The van der Waals surface area contributed by atoms with Gasteiger partial charge in [0.25, 0.3) is 5.91 Å². The molecule has 10 heteroatoms. The molecule has 130 valence electrons. The summed E-state index contributed by atoms with van der Waals surface area (Å²) in [6.07, 6.45) is 0.410. The van der Waals surface area contributed by atoms with Crippen LogP contribution in [-0.4, -0.2) is 12.5 Å². The number of hydrogen-bond donors (Lipinski definition) is 1. The number of benzene rings is 1. The molecule has 1 N–H and O–H groups in total. The van der Waals surface area contributed by atoms with Crippen LogP contribution in [0, 0.1) is 40.4 Å². The predicted molar refractivity (Wildman–Crippen MR) is 76.6 cm³/mol. The van der Waals surface area contributed by atoms with Gasteiger partial charge < -0.3 is 10.1 Å². The first kappa shape index (κ1) is 17.3. The number of carbonyl (C=O) groups excluding carboxylic acids is 1. The lowest BCUT2D eigenvalue weighted by atomic mass is 10.1. The molecule has 0 spiro atoms. The molecule has 0 saturated heterocycles. The van der Waals surface area contributed by atoms with Crippen molar-refractivity contribution >= 4 is 22.2 Å². The Morgan fingerprint density at radius 3 is 2.28 bits per heavy atom. The molecule has 1 aliphatic heterocycles. The number of halogens is 5. The number of amides is 1. The van der Waals surface area contributed by atoms with Crippen LogP contribution in [0.15, 0.2) is 0 Å². The third-order valence-electron chi connectivity index (χ3n) is 3.60. The largest absolute Gasteiger partial charge is 0.376 e. The van der Waals surface area contributed by atoms with E-state index >= 15 is 0 Å². The first-order chi connectivity index (χ1) is 11.9. The number of fused-ring (bicyclic) bond motifs is 1. The minimum Gasteiger partial charge on any atom is -0.376 e. The number of nitrogens with zero attached hydrogens (tertiary/aromatic N) is 1. The molecule has 0 radical (unpaired) electrons. The van der Waals surface area contributed by atoms with Crippen LogP contribution < -0.4 is 5.32 Å². The fraction of sp³-hybridized carbons (Fsp3) is 0.200. The predicted octanol–water partition coefficient (Wildman–Crippen LogP) is 3.64. The minimum atomic E-state index is -2.35. The Balaban J connectivity index is 2.03. The summed E-state index contributed by atoms with van der Waals surface area (Å²) in [5.74, 6) is -12.8. The highest BCUT2D eigenvalue weighted by molar-refractivity contribution is 7.16. The number of thiophene rings is 1. The molecular formula is C15H7F5N2O2S. The van der Waals surface area contributed by atoms with E-state index < -0.39 is 40.6 Å². The maximum atomic E-state index is 13.7.